The van der Waals surface area contributed by atoms with Crippen molar-refractivity contribution >= 4 is 40.0 Å². The van der Waals surface area contributed by atoms with Gasteiger partial charge in [-0.3, -0.25) is 4.79 Å². The summed E-state index contributed by atoms with van der Waals surface area (Å²) in [7, 11) is 0. The highest BCUT2D eigenvalue weighted by Crippen LogP contribution is 2.24. The Labute approximate surface area is 107 Å². The Morgan fingerprint density at radius 1 is 1.53 bits per heavy atom. The van der Waals surface area contributed by atoms with Crippen LogP contribution in [0.5, 0.6) is 0 Å². The fourth-order valence-electron chi connectivity index (χ4n) is 1.65. The smallest absolute Gasteiger partial charge is 0.169 e. The van der Waals surface area contributed by atoms with Crippen LogP contribution in [0, 0.1) is 9.49 Å². The molecule has 0 bridgehead atoms. The number of carbonyl (C=O) groups excluding carboxylic acids is 1. The Balaban J connectivity index is 2.27. The van der Waals surface area contributed by atoms with E-state index < -0.39 is 0 Å². The van der Waals surface area contributed by atoms with Crippen molar-refractivity contribution < 1.29 is 9.53 Å². The predicted octanol–water partition coefficient (Wildman–Crippen LogP) is 3.16. The van der Waals surface area contributed by atoms with Gasteiger partial charge in [-0.25, -0.2) is 0 Å². The number of ether oxygens (including phenoxy) is 1. The van der Waals surface area contributed by atoms with Crippen LogP contribution < -0.4 is 0 Å². The van der Waals surface area contributed by atoms with Gasteiger partial charge in [-0.05, 0) is 47.2 Å². The van der Waals surface area contributed by atoms with Crippen LogP contribution in [0.25, 0.3) is 0 Å². The first-order chi connectivity index (χ1) is 7.18. The van der Waals surface area contributed by atoms with E-state index in [0.717, 1.165) is 15.6 Å². The third kappa shape index (κ3) is 2.52. The van der Waals surface area contributed by atoms with E-state index in [0.29, 0.717) is 18.2 Å². The molecule has 1 fully saturated rings. The van der Waals surface area contributed by atoms with Crippen LogP contribution in [0.2, 0.25) is 5.02 Å². The van der Waals surface area contributed by atoms with Crippen LogP contribution in [0.3, 0.4) is 0 Å². The van der Waals surface area contributed by atoms with E-state index in [2.05, 4.69) is 22.6 Å². The second kappa shape index (κ2) is 4.80. The maximum Gasteiger partial charge on any atom is 0.169 e. The normalized spacial score (nSPS) is 20.5. The van der Waals surface area contributed by atoms with E-state index in [1.165, 1.54) is 0 Å². The Morgan fingerprint density at radius 3 is 3.00 bits per heavy atom. The van der Waals surface area contributed by atoms with Crippen molar-refractivity contribution in [3.8, 4) is 0 Å². The molecule has 1 aliphatic rings. The van der Waals surface area contributed by atoms with Gasteiger partial charge in [0.25, 0.3) is 0 Å². The lowest BCUT2D eigenvalue weighted by Gasteiger charge is -2.08. The Morgan fingerprint density at radius 2 is 2.33 bits per heavy atom. The van der Waals surface area contributed by atoms with Gasteiger partial charge in [0.05, 0.1) is 6.61 Å². The number of hydrogen-bond acceptors (Lipinski definition) is 2. The molecule has 0 N–H and O–H groups in total. The van der Waals surface area contributed by atoms with E-state index in [9.17, 15) is 4.79 Å². The summed E-state index contributed by atoms with van der Waals surface area (Å²) in [6, 6.07) is 5.40. The summed E-state index contributed by atoms with van der Waals surface area (Å²) in [5.41, 5.74) is 0.721. The number of ketones is 1. The molecular weight excluding hydrogens is 326 g/mol. The molecule has 0 amide bonds. The quantitative estimate of drug-likeness (QED) is 0.612. The van der Waals surface area contributed by atoms with Crippen molar-refractivity contribution in [2.24, 2.45) is 5.92 Å². The highest BCUT2D eigenvalue weighted by molar-refractivity contribution is 14.1. The van der Waals surface area contributed by atoms with E-state index in [-0.39, 0.29) is 11.7 Å². The molecule has 2 nitrogen and oxygen atoms in total. The fourth-order valence-corrected chi connectivity index (χ4v) is 2.42. The minimum absolute atomic E-state index is 0.0111. The SMILES string of the molecule is O=C(c1cc(Cl)ccc1I)C1CCOC1. The van der Waals surface area contributed by atoms with Gasteiger partial charge in [0, 0.05) is 26.7 Å². The molecule has 15 heavy (non-hydrogen) atoms. The monoisotopic (exact) mass is 336 g/mol. The lowest BCUT2D eigenvalue weighted by Crippen LogP contribution is -2.15. The summed E-state index contributed by atoms with van der Waals surface area (Å²) in [6.45, 7) is 1.23. The Bertz CT molecular complexity index is 386. The standard InChI is InChI=1S/C11H10ClIO2/c12-8-1-2-10(13)9(5-8)11(14)7-3-4-15-6-7/h1-2,5,7H,3-4,6H2. The topological polar surface area (TPSA) is 26.3 Å². The molecule has 0 saturated carbocycles. The molecule has 1 saturated heterocycles. The largest absolute Gasteiger partial charge is 0.381 e. The summed E-state index contributed by atoms with van der Waals surface area (Å²) in [6.07, 6.45) is 0.821. The van der Waals surface area contributed by atoms with Gasteiger partial charge in [0.2, 0.25) is 0 Å². The molecule has 2 rings (SSSR count). The molecule has 1 unspecified atom stereocenters. The van der Waals surface area contributed by atoms with Crippen LogP contribution in [-0.2, 0) is 4.74 Å². The average Bonchev–Trinajstić information content (AvgIpc) is 2.74. The van der Waals surface area contributed by atoms with Gasteiger partial charge < -0.3 is 4.74 Å². The van der Waals surface area contributed by atoms with Crippen LogP contribution in [0.1, 0.15) is 16.8 Å². The second-order valence-corrected chi connectivity index (χ2v) is 5.15. The van der Waals surface area contributed by atoms with Crippen LogP contribution >= 0.6 is 34.2 Å². The lowest BCUT2D eigenvalue weighted by atomic mass is 9.97. The summed E-state index contributed by atoms with van der Waals surface area (Å²) in [5.74, 6) is 0.163. The highest BCUT2D eigenvalue weighted by Gasteiger charge is 2.25. The van der Waals surface area contributed by atoms with Crippen molar-refractivity contribution in [1.29, 1.82) is 0 Å². The first-order valence-electron chi connectivity index (χ1n) is 4.75. The summed E-state index contributed by atoms with van der Waals surface area (Å²) in [4.78, 5) is 12.1. The van der Waals surface area contributed by atoms with Crippen molar-refractivity contribution in [3.05, 3.63) is 32.4 Å². The summed E-state index contributed by atoms with van der Waals surface area (Å²) in [5, 5.41) is 0.609. The van der Waals surface area contributed by atoms with Crippen molar-refractivity contribution in [2.45, 2.75) is 6.42 Å². The first kappa shape index (κ1) is 11.4. The van der Waals surface area contributed by atoms with Crippen molar-refractivity contribution in [2.75, 3.05) is 13.2 Å². The minimum atomic E-state index is 0.0111. The number of Topliss-reactive ketones (excluding diaryl/α,β-unsaturated/α-hetero) is 1. The molecule has 1 aromatic rings. The number of halogens is 2. The predicted molar refractivity (Wildman–Crippen MR) is 67.4 cm³/mol. The third-order valence-electron chi connectivity index (χ3n) is 2.49. The molecule has 4 heteroatoms. The summed E-state index contributed by atoms with van der Waals surface area (Å²) < 4.78 is 6.17. The molecule has 0 aliphatic carbocycles. The van der Waals surface area contributed by atoms with E-state index in [4.69, 9.17) is 16.3 Å². The van der Waals surface area contributed by atoms with Gasteiger partial charge in [-0.1, -0.05) is 11.6 Å². The highest BCUT2D eigenvalue weighted by atomic mass is 127. The zero-order chi connectivity index (χ0) is 10.8. The number of carbonyl (C=O) groups is 1. The maximum absolute atomic E-state index is 12.1. The van der Waals surface area contributed by atoms with Gasteiger partial charge >= 0.3 is 0 Å². The molecule has 0 aromatic heterocycles. The fraction of sp³-hybridized carbons (Fsp3) is 0.364. The first-order valence-corrected chi connectivity index (χ1v) is 6.21. The zero-order valence-corrected chi connectivity index (χ0v) is 10.9. The summed E-state index contributed by atoms with van der Waals surface area (Å²) >= 11 is 8.04. The minimum Gasteiger partial charge on any atom is -0.381 e. The lowest BCUT2D eigenvalue weighted by molar-refractivity contribution is 0.0899. The van der Waals surface area contributed by atoms with Crippen molar-refractivity contribution in [1.82, 2.24) is 0 Å². The van der Waals surface area contributed by atoms with Gasteiger partial charge in [-0.2, -0.15) is 0 Å². The number of benzene rings is 1. The van der Waals surface area contributed by atoms with E-state index >= 15 is 0 Å². The molecule has 80 valence electrons. The van der Waals surface area contributed by atoms with E-state index in [1.807, 2.05) is 6.07 Å². The molecule has 1 heterocycles. The molecule has 1 aliphatic heterocycles. The van der Waals surface area contributed by atoms with Crippen molar-refractivity contribution in [3.63, 3.8) is 0 Å². The van der Waals surface area contributed by atoms with Crippen LogP contribution in [0.15, 0.2) is 18.2 Å². The van der Waals surface area contributed by atoms with E-state index in [1.54, 1.807) is 12.1 Å². The second-order valence-electron chi connectivity index (χ2n) is 3.55. The number of hydrogen-bond donors (Lipinski definition) is 0. The molecular formula is C11H10ClIO2. The zero-order valence-electron chi connectivity index (χ0n) is 8.00. The number of rotatable bonds is 2. The van der Waals surface area contributed by atoms with Gasteiger partial charge in [0.1, 0.15) is 0 Å². The molecule has 1 aromatic carbocycles. The van der Waals surface area contributed by atoms with Gasteiger partial charge in [0.15, 0.2) is 5.78 Å². The Kier molecular flexibility index (Phi) is 3.64. The Hall–Kier alpha value is -0.130. The van der Waals surface area contributed by atoms with Gasteiger partial charge in [-0.15, -0.1) is 0 Å². The van der Waals surface area contributed by atoms with Crippen LogP contribution in [-0.4, -0.2) is 19.0 Å². The molecule has 0 radical (unpaired) electrons. The maximum atomic E-state index is 12.1. The molecule has 1 atom stereocenters. The average molecular weight is 337 g/mol. The third-order valence-corrected chi connectivity index (χ3v) is 3.67. The molecule has 0 spiro atoms. The van der Waals surface area contributed by atoms with Crippen LogP contribution in [0.4, 0.5) is 0 Å².